The molecule has 13 heavy (non-hydrogen) atoms. The van der Waals surface area contributed by atoms with Crippen molar-refractivity contribution in [2.75, 3.05) is 13.2 Å². The van der Waals surface area contributed by atoms with Crippen LogP contribution in [0.2, 0.25) is 0 Å². The van der Waals surface area contributed by atoms with Gasteiger partial charge in [-0.15, -0.1) is 0 Å². The third kappa shape index (κ3) is 3.65. The molecule has 0 aromatic heterocycles. The Hall–Kier alpha value is -0.0800. The predicted molar refractivity (Wildman–Crippen MR) is 55.9 cm³/mol. The van der Waals surface area contributed by atoms with E-state index in [-0.39, 0.29) is 0 Å². The van der Waals surface area contributed by atoms with E-state index < -0.39 is 0 Å². The average Bonchev–Trinajstić information content (AvgIpc) is 2.01. The van der Waals surface area contributed by atoms with E-state index in [1.165, 1.54) is 19.3 Å². The summed E-state index contributed by atoms with van der Waals surface area (Å²) in [6, 6.07) is 1.32. The minimum Gasteiger partial charge on any atom is -0.380 e. The first-order valence-electron chi connectivity index (χ1n) is 5.57. The van der Waals surface area contributed by atoms with Crippen LogP contribution < -0.4 is 5.32 Å². The molecular weight excluding hydrogens is 162 g/mol. The third-order valence-corrected chi connectivity index (χ3v) is 2.86. The molecule has 1 aliphatic carbocycles. The molecule has 1 fully saturated rings. The molecule has 0 amide bonds. The van der Waals surface area contributed by atoms with E-state index in [4.69, 9.17) is 4.74 Å². The van der Waals surface area contributed by atoms with Crippen molar-refractivity contribution in [2.45, 2.75) is 52.1 Å². The molecule has 0 bridgehead atoms. The largest absolute Gasteiger partial charge is 0.380 e. The molecule has 1 aliphatic rings. The lowest BCUT2D eigenvalue weighted by Crippen LogP contribution is -2.47. The van der Waals surface area contributed by atoms with Crippen molar-refractivity contribution >= 4 is 0 Å². The van der Waals surface area contributed by atoms with Crippen molar-refractivity contribution in [3.63, 3.8) is 0 Å². The summed E-state index contributed by atoms with van der Waals surface area (Å²) in [6.07, 6.45) is 4.11. The van der Waals surface area contributed by atoms with Gasteiger partial charge in [-0.1, -0.05) is 20.3 Å². The van der Waals surface area contributed by atoms with Gasteiger partial charge >= 0.3 is 0 Å². The summed E-state index contributed by atoms with van der Waals surface area (Å²) < 4.78 is 5.46. The second-order valence-electron chi connectivity index (χ2n) is 4.30. The van der Waals surface area contributed by atoms with E-state index in [1.807, 2.05) is 0 Å². The summed E-state index contributed by atoms with van der Waals surface area (Å²) in [7, 11) is 0. The molecule has 1 rings (SSSR count). The van der Waals surface area contributed by atoms with E-state index in [2.05, 4.69) is 26.1 Å². The van der Waals surface area contributed by atoms with Crippen LogP contribution >= 0.6 is 0 Å². The maximum absolute atomic E-state index is 5.46. The molecule has 78 valence electrons. The second-order valence-corrected chi connectivity index (χ2v) is 4.30. The molecule has 1 saturated carbocycles. The van der Waals surface area contributed by atoms with Crippen molar-refractivity contribution in [1.29, 1.82) is 0 Å². The van der Waals surface area contributed by atoms with Crippen molar-refractivity contribution in [2.24, 2.45) is 5.92 Å². The summed E-state index contributed by atoms with van der Waals surface area (Å²) in [5.74, 6) is 0.673. The van der Waals surface area contributed by atoms with Gasteiger partial charge in [-0.05, 0) is 25.7 Å². The Kier molecular flexibility index (Phi) is 4.74. The number of rotatable bonds is 6. The summed E-state index contributed by atoms with van der Waals surface area (Å²) >= 11 is 0. The minimum atomic E-state index is 0.547. The highest BCUT2D eigenvalue weighted by Crippen LogP contribution is 2.20. The quantitative estimate of drug-likeness (QED) is 0.685. The number of hydrogen-bond acceptors (Lipinski definition) is 2. The Morgan fingerprint density at radius 1 is 1.38 bits per heavy atom. The van der Waals surface area contributed by atoms with Crippen LogP contribution in [-0.2, 0) is 4.74 Å². The number of hydrogen-bond donors (Lipinski definition) is 1. The van der Waals surface area contributed by atoms with Crippen LogP contribution in [0.5, 0.6) is 0 Å². The molecule has 0 aromatic carbocycles. The van der Waals surface area contributed by atoms with E-state index in [0.29, 0.717) is 12.0 Å². The third-order valence-electron chi connectivity index (χ3n) is 2.86. The Labute approximate surface area is 82.0 Å². The predicted octanol–water partition coefficient (Wildman–Crippen LogP) is 2.19. The molecule has 2 nitrogen and oxygen atoms in total. The van der Waals surface area contributed by atoms with Crippen molar-refractivity contribution < 1.29 is 4.74 Å². The second kappa shape index (κ2) is 5.61. The fourth-order valence-corrected chi connectivity index (χ4v) is 1.56. The Morgan fingerprint density at radius 2 is 2.08 bits per heavy atom. The highest BCUT2D eigenvalue weighted by atomic mass is 16.5. The maximum Gasteiger partial charge on any atom is 0.0622 e. The van der Waals surface area contributed by atoms with Crippen molar-refractivity contribution in [3.05, 3.63) is 0 Å². The number of ether oxygens (including phenoxy) is 1. The van der Waals surface area contributed by atoms with Crippen LogP contribution in [0, 0.1) is 5.92 Å². The summed E-state index contributed by atoms with van der Waals surface area (Å²) in [4.78, 5) is 0. The first-order valence-corrected chi connectivity index (χ1v) is 5.57. The molecule has 1 atom stereocenters. The van der Waals surface area contributed by atoms with E-state index in [0.717, 1.165) is 19.3 Å². The highest BCUT2D eigenvalue weighted by molar-refractivity contribution is 4.82. The Balaban J connectivity index is 2.19. The average molecular weight is 185 g/mol. The van der Waals surface area contributed by atoms with Crippen molar-refractivity contribution in [1.82, 2.24) is 5.32 Å². The Bertz CT molecular complexity index is 132. The Morgan fingerprint density at radius 3 is 2.46 bits per heavy atom. The van der Waals surface area contributed by atoms with E-state index in [1.54, 1.807) is 0 Å². The van der Waals surface area contributed by atoms with Gasteiger partial charge in [0.25, 0.3) is 0 Å². The van der Waals surface area contributed by atoms with Gasteiger partial charge in [0.2, 0.25) is 0 Å². The SMILES string of the molecule is CCOCC(NC1CCC1)C(C)C. The molecule has 0 heterocycles. The van der Waals surface area contributed by atoms with Gasteiger partial charge in [0, 0.05) is 18.7 Å². The smallest absolute Gasteiger partial charge is 0.0622 e. The normalized spacial score (nSPS) is 20.3. The molecular formula is C11H23NO. The van der Waals surface area contributed by atoms with Gasteiger partial charge in [0.15, 0.2) is 0 Å². The lowest BCUT2D eigenvalue weighted by atomic mass is 9.91. The van der Waals surface area contributed by atoms with Crippen LogP contribution in [0.15, 0.2) is 0 Å². The molecule has 1 unspecified atom stereocenters. The van der Waals surface area contributed by atoms with Crippen LogP contribution in [0.3, 0.4) is 0 Å². The van der Waals surface area contributed by atoms with E-state index in [9.17, 15) is 0 Å². The van der Waals surface area contributed by atoms with Crippen LogP contribution in [0.25, 0.3) is 0 Å². The molecule has 0 aliphatic heterocycles. The summed E-state index contributed by atoms with van der Waals surface area (Å²) in [5, 5.41) is 3.66. The molecule has 0 radical (unpaired) electrons. The maximum atomic E-state index is 5.46. The molecule has 0 saturated heterocycles. The summed E-state index contributed by atoms with van der Waals surface area (Å²) in [6.45, 7) is 8.27. The fourth-order valence-electron chi connectivity index (χ4n) is 1.56. The lowest BCUT2D eigenvalue weighted by Gasteiger charge is -2.33. The van der Waals surface area contributed by atoms with Crippen LogP contribution in [0.4, 0.5) is 0 Å². The van der Waals surface area contributed by atoms with Gasteiger partial charge in [0.1, 0.15) is 0 Å². The molecule has 0 spiro atoms. The molecule has 1 N–H and O–H groups in total. The molecule has 0 aromatic rings. The summed E-state index contributed by atoms with van der Waals surface area (Å²) in [5.41, 5.74) is 0. The zero-order chi connectivity index (χ0) is 9.68. The standard InChI is InChI=1S/C11H23NO/c1-4-13-8-11(9(2)3)12-10-6-5-7-10/h9-12H,4-8H2,1-3H3. The zero-order valence-electron chi connectivity index (χ0n) is 9.18. The zero-order valence-corrected chi connectivity index (χ0v) is 9.18. The topological polar surface area (TPSA) is 21.3 Å². The first kappa shape index (κ1) is 11.0. The minimum absolute atomic E-state index is 0.547. The van der Waals surface area contributed by atoms with Crippen molar-refractivity contribution in [3.8, 4) is 0 Å². The number of nitrogens with one attached hydrogen (secondary N) is 1. The molecule has 2 heteroatoms. The fraction of sp³-hybridized carbons (Fsp3) is 1.00. The van der Waals surface area contributed by atoms with Gasteiger partial charge in [0.05, 0.1) is 6.61 Å². The van der Waals surface area contributed by atoms with Gasteiger partial charge in [-0.3, -0.25) is 0 Å². The van der Waals surface area contributed by atoms with Gasteiger partial charge < -0.3 is 10.1 Å². The van der Waals surface area contributed by atoms with Crippen LogP contribution in [-0.4, -0.2) is 25.3 Å². The van der Waals surface area contributed by atoms with E-state index >= 15 is 0 Å². The lowest BCUT2D eigenvalue weighted by molar-refractivity contribution is 0.0969. The first-order chi connectivity index (χ1) is 6.24. The highest BCUT2D eigenvalue weighted by Gasteiger charge is 2.22. The van der Waals surface area contributed by atoms with Crippen LogP contribution in [0.1, 0.15) is 40.0 Å². The monoisotopic (exact) mass is 185 g/mol. The van der Waals surface area contributed by atoms with Gasteiger partial charge in [-0.2, -0.15) is 0 Å². The van der Waals surface area contributed by atoms with Gasteiger partial charge in [-0.25, -0.2) is 0 Å².